The molecular formula is C25H37NO. The molecule has 0 bridgehead atoms. The van der Waals surface area contributed by atoms with Crippen LogP contribution in [-0.2, 0) is 6.42 Å². The molecule has 3 rings (SSSR count). The second kappa shape index (κ2) is 9.71. The van der Waals surface area contributed by atoms with E-state index in [0.717, 1.165) is 25.2 Å². The van der Waals surface area contributed by atoms with E-state index in [-0.39, 0.29) is 0 Å². The monoisotopic (exact) mass is 367 g/mol. The lowest BCUT2D eigenvalue weighted by molar-refractivity contribution is 0.112. The first-order chi connectivity index (χ1) is 13.2. The normalized spacial score (nSPS) is 18.0. The van der Waals surface area contributed by atoms with Gasteiger partial charge in [0.2, 0.25) is 0 Å². The summed E-state index contributed by atoms with van der Waals surface area (Å²) in [6.07, 6.45) is 8.13. The highest BCUT2D eigenvalue weighted by molar-refractivity contribution is 5.90. The van der Waals surface area contributed by atoms with E-state index in [1.807, 2.05) is 0 Å². The molecule has 2 nitrogen and oxygen atoms in total. The Hall–Kier alpha value is -1.38. The van der Waals surface area contributed by atoms with E-state index in [9.17, 15) is 5.11 Å². The molecule has 2 aromatic carbocycles. The number of benzene rings is 2. The summed E-state index contributed by atoms with van der Waals surface area (Å²) < 4.78 is 0. The standard InChI is InChI=1S/C25H37NO/c1-4-6-15-26(16-7-5-2)18-25(27)24-17-23-19(3)11-10-14-21(23)20-12-8-9-13-22(20)24/h8-9,12-13,17,19,25,27H,4-7,10-11,14-16,18H2,1-3H3. The van der Waals surface area contributed by atoms with Gasteiger partial charge in [0.25, 0.3) is 0 Å². The van der Waals surface area contributed by atoms with Crippen molar-refractivity contribution in [3.8, 4) is 0 Å². The third-order valence-electron chi connectivity index (χ3n) is 6.26. The molecule has 1 N–H and O–H groups in total. The van der Waals surface area contributed by atoms with Gasteiger partial charge < -0.3 is 10.0 Å². The summed E-state index contributed by atoms with van der Waals surface area (Å²) in [5.74, 6) is 0.598. The molecular weight excluding hydrogens is 330 g/mol. The number of rotatable bonds is 9. The zero-order valence-corrected chi connectivity index (χ0v) is 17.5. The predicted molar refractivity (Wildman–Crippen MR) is 117 cm³/mol. The second-order valence-corrected chi connectivity index (χ2v) is 8.40. The van der Waals surface area contributed by atoms with E-state index in [1.54, 1.807) is 0 Å². The maximum Gasteiger partial charge on any atom is 0.0923 e. The van der Waals surface area contributed by atoms with Crippen LogP contribution in [0.3, 0.4) is 0 Å². The van der Waals surface area contributed by atoms with Gasteiger partial charge in [-0.3, -0.25) is 0 Å². The van der Waals surface area contributed by atoms with Crippen LogP contribution in [0, 0.1) is 0 Å². The Morgan fingerprint density at radius 1 is 1.07 bits per heavy atom. The summed E-state index contributed by atoms with van der Waals surface area (Å²) in [5, 5.41) is 13.9. The number of unbranched alkanes of at least 4 members (excludes halogenated alkanes) is 2. The SMILES string of the molecule is CCCCN(CCCC)CC(O)c1cc2c(c3ccccc13)CCCC2C. The van der Waals surface area contributed by atoms with Crippen molar-refractivity contribution in [2.45, 2.75) is 77.7 Å². The lowest BCUT2D eigenvalue weighted by Gasteiger charge is -2.29. The van der Waals surface area contributed by atoms with Gasteiger partial charge in [0.05, 0.1) is 6.10 Å². The fourth-order valence-corrected chi connectivity index (χ4v) is 4.62. The van der Waals surface area contributed by atoms with Gasteiger partial charge in [-0.15, -0.1) is 0 Å². The van der Waals surface area contributed by atoms with Crippen molar-refractivity contribution in [2.24, 2.45) is 0 Å². The van der Waals surface area contributed by atoms with Crippen molar-refractivity contribution in [1.29, 1.82) is 0 Å². The Labute approximate surface area is 165 Å². The smallest absolute Gasteiger partial charge is 0.0923 e. The van der Waals surface area contributed by atoms with E-state index in [2.05, 4.69) is 56.0 Å². The number of aliphatic hydroxyl groups is 1. The molecule has 0 radical (unpaired) electrons. The first kappa shape index (κ1) is 20.4. The fraction of sp³-hybridized carbons (Fsp3) is 0.600. The Kier molecular flexibility index (Phi) is 7.32. The molecule has 2 atom stereocenters. The largest absolute Gasteiger partial charge is 0.387 e. The van der Waals surface area contributed by atoms with Gasteiger partial charge in [0.15, 0.2) is 0 Å². The van der Waals surface area contributed by atoms with E-state index in [1.165, 1.54) is 66.8 Å². The molecule has 1 aliphatic carbocycles. The molecule has 27 heavy (non-hydrogen) atoms. The van der Waals surface area contributed by atoms with Crippen LogP contribution in [0.15, 0.2) is 30.3 Å². The van der Waals surface area contributed by atoms with Crippen LogP contribution < -0.4 is 0 Å². The molecule has 0 saturated carbocycles. The third kappa shape index (κ3) is 4.73. The average Bonchev–Trinajstić information content (AvgIpc) is 2.69. The summed E-state index contributed by atoms with van der Waals surface area (Å²) >= 11 is 0. The number of fused-ring (bicyclic) bond motifs is 3. The van der Waals surface area contributed by atoms with Crippen LogP contribution >= 0.6 is 0 Å². The highest BCUT2D eigenvalue weighted by atomic mass is 16.3. The van der Waals surface area contributed by atoms with Crippen molar-refractivity contribution < 1.29 is 5.11 Å². The lowest BCUT2D eigenvalue weighted by atomic mass is 9.79. The van der Waals surface area contributed by atoms with Gasteiger partial charge in [-0.2, -0.15) is 0 Å². The Balaban J connectivity index is 1.92. The summed E-state index contributed by atoms with van der Waals surface area (Å²) in [4.78, 5) is 2.47. The Bertz CT molecular complexity index is 730. The van der Waals surface area contributed by atoms with E-state index in [0.29, 0.717) is 5.92 Å². The van der Waals surface area contributed by atoms with E-state index in [4.69, 9.17) is 0 Å². The molecule has 2 unspecified atom stereocenters. The summed E-state index contributed by atoms with van der Waals surface area (Å²) in [6, 6.07) is 11.1. The molecule has 2 aromatic rings. The average molecular weight is 368 g/mol. The topological polar surface area (TPSA) is 23.5 Å². The molecule has 0 fully saturated rings. The van der Waals surface area contributed by atoms with Crippen molar-refractivity contribution in [3.05, 3.63) is 47.0 Å². The fourth-order valence-electron chi connectivity index (χ4n) is 4.62. The minimum atomic E-state index is -0.414. The third-order valence-corrected chi connectivity index (χ3v) is 6.26. The highest BCUT2D eigenvalue weighted by Crippen LogP contribution is 2.39. The van der Waals surface area contributed by atoms with Gasteiger partial charge in [-0.1, -0.05) is 63.9 Å². The van der Waals surface area contributed by atoms with Crippen LogP contribution in [0.2, 0.25) is 0 Å². The Morgan fingerprint density at radius 3 is 2.41 bits per heavy atom. The van der Waals surface area contributed by atoms with Gasteiger partial charge >= 0.3 is 0 Å². The maximum absolute atomic E-state index is 11.2. The molecule has 0 spiro atoms. The first-order valence-electron chi connectivity index (χ1n) is 11.1. The molecule has 0 aliphatic heterocycles. The quantitative estimate of drug-likeness (QED) is 0.569. The zero-order valence-electron chi connectivity index (χ0n) is 17.5. The Morgan fingerprint density at radius 2 is 1.74 bits per heavy atom. The number of hydrogen-bond acceptors (Lipinski definition) is 2. The molecule has 0 saturated heterocycles. The van der Waals surface area contributed by atoms with E-state index < -0.39 is 6.10 Å². The lowest BCUT2D eigenvalue weighted by Crippen LogP contribution is -2.31. The van der Waals surface area contributed by atoms with Crippen LogP contribution in [0.1, 0.15) is 88.0 Å². The van der Waals surface area contributed by atoms with Gasteiger partial charge in [-0.25, -0.2) is 0 Å². The first-order valence-corrected chi connectivity index (χ1v) is 11.1. The predicted octanol–water partition coefficient (Wildman–Crippen LogP) is 6.22. The second-order valence-electron chi connectivity index (χ2n) is 8.40. The molecule has 0 aromatic heterocycles. The number of hydrogen-bond donors (Lipinski definition) is 1. The van der Waals surface area contributed by atoms with Crippen molar-refractivity contribution in [3.63, 3.8) is 0 Å². The molecule has 148 valence electrons. The van der Waals surface area contributed by atoms with Crippen molar-refractivity contribution in [2.75, 3.05) is 19.6 Å². The molecule has 0 heterocycles. The number of nitrogens with zero attached hydrogens (tertiary/aromatic N) is 1. The minimum absolute atomic E-state index is 0.414. The molecule has 0 amide bonds. The van der Waals surface area contributed by atoms with E-state index >= 15 is 0 Å². The summed E-state index contributed by atoms with van der Waals surface area (Å²) in [7, 11) is 0. The van der Waals surface area contributed by atoms with Crippen LogP contribution in [0.4, 0.5) is 0 Å². The number of aliphatic hydroxyl groups excluding tert-OH is 1. The zero-order chi connectivity index (χ0) is 19.2. The van der Waals surface area contributed by atoms with Crippen LogP contribution in [0.25, 0.3) is 10.8 Å². The summed E-state index contributed by atoms with van der Waals surface area (Å²) in [5.41, 5.74) is 4.13. The van der Waals surface area contributed by atoms with Crippen LogP contribution in [-0.4, -0.2) is 29.6 Å². The van der Waals surface area contributed by atoms with Gasteiger partial charge in [0.1, 0.15) is 0 Å². The highest BCUT2D eigenvalue weighted by Gasteiger charge is 2.23. The molecule has 2 heteroatoms. The summed E-state index contributed by atoms with van der Waals surface area (Å²) in [6.45, 7) is 9.76. The van der Waals surface area contributed by atoms with Crippen molar-refractivity contribution in [1.82, 2.24) is 4.90 Å². The molecule has 1 aliphatic rings. The van der Waals surface area contributed by atoms with Crippen molar-refractivity contribution >= 4 is 10.8 Å². The van der Waals surface area contributed by atoms with Gasteiger partial charge in [-0.05, 0) is 78.6 Å². The number of aryl methyl sites for hydroxylation is 1. The van der Waals surface area contributed by atoms with Gasteiger partial charge in [0, 0.05) is 6.54 Å². The minimum Gasteiger partial charge on any atom is -0.387 e. The maximum atomic E-state index is 11.2. The van der Waals surface area contributed by atoms with Crippen LogP contribution in [0.5, 0.6) is 0 Å².